The van der Waals surface area contributed by atoms with Crippen LogP contribution in [0.4, 0.5) is 0 Å². The number of rotatable bonds is 8. The van der Waals surface area contributed by atoms with Gasteiger partial charge in [0.2, 0.25) is 0 Å². The zero-order chi connectivity index (χ0) is 23.6. The van der Waals surface area contributed by atoms with Gasteiger partial charge in [-0.2, -0.15) is 0 Å². The Kier molecular flexibility index (Phi) is 7.65. The Balaban J connectivity index is 1.48. The van der Waals surface area contributed by atoms with E-state index in [4.69, 9.17) is 9.47 Å². The predicted molar refractivity (Wildman–Crippen MR) is 135 cm³/mol. The Morgan fingerprint density at radius 2 is 1.21 bits per heavy atom. The summed E-state index contributed by atoms with van der Waals surface area (Å²) in [6.07, 6.45) is 5.37. The molecule has 0 heterocycles. The lowest BCUT2D eigenvalue weighted by Crippen LogP contribution is -2.17. The molecule has 0 saturated heterocycles. The maximum atomic E-state index is 12.6. The van der Waals surface area contributed by atoms with Crippen LogP contribution in [0.3, 0.4) is 0 Å². The topological polar surface area (TPSA) is 52.6 Å². The maximum Gasteiger partial charge on any atom is 0.331 e. The van der Waals surface area contributed by atoms with E-state index >= 15 is 0 Å². The van der Waals surface area contributed by atoms with Crippen molar-refractivity contribution >= 4 is 34.9 Å². The largest absolute Gasteiger partial charge is 0.458 e. The Morgan fingerprint density at radius 1 is 0.647 bits per heavy atom. The second kappa shape index (κ2) is 11.4. The van der Waals surface area contributed by atoms with E-state index in [1.54, 1.807) is 12.2 Å². The first kappa shape index (κ1) is 22.7. The molecule has 0 amide bonds. The molecule has 0 aliphatic rings. The molecule has 0 saturated carbocycles. The highest BCUT2D eigenvalue weighted by atomic mass is 16.6. The molecule has 0 aliphatic heterocycles. The highest BCUT2D eigenvalue weighted by Gasteiger charge is 2.18. The average molecular weight is 449 g/mol. The molecule has 0 radical (unpaired) electrons. The van der Waals surface area contributed by atoms with Gasteiger partial charge in [0.15, 0.2) is 6.10 Å². The van der Waals surface area contributed by atoms with E-state index in [-0.39, 0.29) is 6.61 Å². The van der Waals surface area contributed by atoms with Gasteiger partial charge in [0.25, 0.3) is 0 Å². The van der Waals surface area contributed by atoms with Gasteiger partial charge in [-0.3, -0.25) is 0 Å². The molecule has 4 nitrogen and oxygen atoms in total. The zero-order valence-corrected chi connectivity index (χ0v) is 18.5. The van der Waals surface area contributed by atoms with Gasteiger partial charge >= 0.3 is 11.9 Å². The van der Waals surface area contributed by atoms with Crippen molar-refractivity contribution in [3.63, 3.8) is 0 Å². The molecule has 0 fully saturated rings. The monoisotopic (exact) mass is 448 g/mol. The summed E-state index contributed by atoms with van der Waals surface area (Å²) in [7, 11) is 0. The van der Waals surface area contributed by atoms with E-state index in [1.807, 2.05) is 103 Å². The minimum Gasteiger partial charge on any atom is -0.458 e. The zero-order valence-electron chi connectivity index (χ0n) is 18.5. The van der Waals surface area contributed by atoms with Crippen LogP contribution in [-0.4, -0.2) is 18.5 Å². The quantitative estimate of drug-likeness (QED) is 0.231. The molecule has 0 N–H and O–H groups in total. The third kappa shape index (κ3) is 6.53. The van der Waals surface area contributed by atoms with Gasteiger partial charge in [-0.15, -0.1) is 0 Å². The summed E-state index contributed by atoms with van der Waals surface area (Å²) in [5, 5.41) is 2.08. The molecule has 0 aromatic heterocycles. The molecule has 4 aromatic carbocycles. The van der Waals surface area contributed by atoms with Crippen molar-refractivity contribution in [2.24, 2.45) is 0 Å². The molecule has 4 aromatic rings. The summed E-state index contributed by atoms with van der Waals surface area (Å²) in [4.78, 5) is 24.9. The summed E-state index contributed by atoms with van der Waals surface area (Å²) in [6, 6.07) is 32.7. The van der Waals surface area contributed by atoms with Crippen molar-refractivity contribution in [2.75, 3.05) is 6.61 Å². The van der Waals surface area contributed by atoms with Crippen LogP contribution >= 0.6 is 0 Å². The molecule has 4 rings (SSSR count). The van der Waals surface area contributed by atoms with E-state index < -0.39 is 18.0 Å². The smallest absolute Gasteiger partial charge is 0.331 e. The second-order valence-corrected chi connectivity index (χ2v) is 7.65. The van der Waals surface area contributed by atoms with E-state index in [0.29, 0.717) is 0 Å². The Bertz CT molecular complexity index is 1310. The average Bonchev–Trinajstić information content (AvgIpc) is 2.89. The van der Waals surface area contributed by atoms with Gasteiger partial charge in [0.05, 0.1) is 0 Å². The number of fused-ring (bicyclic) bond motifs is 1. The van der Waals surface area contributed by atoms with E-state index in [0.717, 1.165) is 27.5 Å². The predicted octanol–water partition coefficient (Wildman–Crippen LogP) is 6.39. The second-order valence-electron chi connectivity index (χ2n) is 7.65. The van der Waals surface area contributed by atoms with Crippen LogP contribution in [0.15, 0.2) is 115 Å². The first-order chi connectivity index (χ1) is 16.7. The number of carbonyl (C=O) groups excluding carboxylic acids is 2. The molecule has 0 unspecified atom stereocenters. The number of hydrogen-bond acceptors (Lipinski definition) is 4. The van der Waals surface area contributed by atoms with Crippen LogP contribution < -0.4 is 0 Å². The third-order valence-electron chi connectivity index (χ3n) is 5.20. The molecular weight excluding hydrogens is 424 g/mol. The van der Waals surface area contributed by atoms with Crippen molar-refractivity contribution in [3.8, 4) is 0 Å². The molecule has 34 heavy (non-hydrogen) atoms. The number of ether oxygens (including phenoxy) is 2. The normalized spacial score (nSPS) is 12.1. The molecule has 0 spiro atoms. The van der Waals surface area contributed by atoms with E-state index in [1.165, 1.54) is 12.2 Å². The number of hydrogen-bond donors (Lipinski definition) is 0. The number of carbonyl (C=O) groups is 2. The van der Waals surface area contributed by atoms with Gasteiger partial charge in [0.1, 0.15) is 6.61 Å². The molecule has 0 aliphatic carbocycles. The maximum absolute atomic E-state index is 12.6. The van der Waals surface area contributed by atoms with Crippen LogP contribution in [0.1, 0.15) is 22.8 Å². The van der Waals surface area contributed by atoms with Gasteiger partial charge in [0, 0.05) is 12.2 Å². The third-order valence-corrected chi connectivity index (χ3v) is 5.20. The minimum atomic E-state index is -0.744. The van der Waals surface area contributed by atoms with Crippen LogP contribution in [-0.2, 0) is 19.1 Å². The van der Waals surface area contributed by atoms with Crippen molar-refractivity contribution in [1.82, 2.24) is 0 Å². The van der Waals surface area contributed by atoms with E-state index in [2.05, 4.69) is 0 Å². The van der Waals surface area contributed by atoms with Gasteiger partial charge in [-0.1, -0.05) is 97.1 Å². The lowest BCUT2D eigenvalue weighted by atomic mass is 10.0. The fourth-order valence-electron chi connectivity index (χ4n) is 3.45. The standard InChI is InChI=1S/C30H24O4/c31-29(19-15-23-9-3-1-4-10-23)33-22-28(27-18-17-25-13-7-8-14-26(25)21-27)34-30(32)20-16-24-11-5-2-6-12-24/h1-21,28H,22H2/b19-15+,20-16+/t28-/m1/s1. The lowest BCUT2D eigenvalue weighted by molar-refractivity contribution is -0.153. The van der Waals surface area contributed by atoms with Gasteiger partial charge in [-0.05, 0) is 45.7 Å². The van der Waals surface area contributed by atoms with Gasteiger partial charge in [-0.25, -0.2) is 9.59 Å². The summed E-state index contributed by atoms with van der Waals surface area (Å²) < 4.78 is 11.1. The molecule has 0 bridgehead atoms. The minimum absolute atomic E-state index is 0.0960. The molecule has 1 atom stereocenters. The SMILES string of the molecule is O=C(/C=C/c1ccccc1)OC[C@@H](OC(=O)/C=C/c1ccccc1)c1ccc2ccccc2c1. The Hall–Kier alpha value is -4.44. The summed E-state index contributed by atoms with van der Waals surface area (Å²) >= 11 is 0. The first-order valence-electron chi connectivity index (χ1n) is 11.0. The van der Waals surface area contributed by atoms with Crippen molar-refractivity contribution in [3.05, 3.63) is 132 Å². The number of esters is 2. The van der Waals surface area contributed by atoms with Gasteiger partial charge < -0.3 is 9.47 Å². The van der Waals surface area contributed by atoms with Crippen molar-refractivity contribution < 1.29 is 19.1 Å². The highest BCUT2D eigenvalue weighted by Crippen LogP contribution is 2.24. The lowest BCUT2D eigenvalue weighted by Gasteiger charge is -2.18. The molecule has 4 heteroatoms. The van der Waals surface area contributed by atoms with Crippen LogP contribution in [0.5, 0.6) is 0 Å². The van der Waals surface area contributed by atoms with Crippen LogP contribution in [0, 0.1) is 0 Å². The first-order valence-corrected chi connectivity index (χ1v) is 11.0. The fourth-order valence-corrected chi connectivity index (χ4v) is 3.45. The fraction of sp³-hybridized carbons (Fsp3) is 0.0667. The Labute approximate surface area is 198 Å². The molecular formula is C30H24O4. The van der Waals surface area contributed by atoms with Crippen molar-refractivity contribution in [1.29, 1.82) is 0 Å². The Morgan fingerprint density at radius 3 is 1.85 bits per heavy atom. The summed E-state index contributed by atoms with van der Waals surface area (Å²) in [6.45, 7) is -0.0960. The molecule has 168 valence electrons. The highest BCUT2D eigenvalue weighted by molar-refractivity contribution is 5.88. The van der Waals surface area contributed by atoms with Crippen LogP contribution in [0.25, 0.3) is 22.9 Å². The van der Waals surface area contributed by atoms with Crippen LogP contribution in [0.2, 0.25) is 0 Å². The number of benzene rings is 4. The van der Waals surface area contributed by atoms with E-state index in [9.17, 15) is 9.59 Å². The summed E-state index contributed by atoms with van der Waals surface area (Å²) in [5.41, 5.74) is 2.53. The summed E-state index contributed by atoms with van der Waals surface area (Å²) in [5.74, 6) is -1.02. The van der Waals surface area contributed by atoms with Crippen molar-refractivity contribution in [2.45, 2.75) is 6.10 Å².